The molecule has 2 heterocycles. The molecule has 0 unspecified atom stereocenters. The van der Waals surface area contributed by atoms with Gasteiger partial charge in [0.2, 0.25) is 0 Å². The molecule has 2 aromatic heterocycles. The van der Waals surface area contributed by atoms with E-state index in [0.717, 1.165) is 15.7 Å². The van der Waals surface area contributed by atoms with E-state index in [0.29, 0.717) is 6.54 Å². The maximum atomic E-state index is 11.9. The molecule has 94 valence electrons. The van der Waals surface area contributed by atoms with E-state index in [1.807, 2.05) is 25.1 Å². The van der Waals surface area contributed by atoms with Crippen molar-refractivity contribution in [3.05, 3.63) is 51.1 Å². The van der Waals surface area contributed by atoms with E-state index in [1.54, 1.807) is 24.7 Å². The monoisotopic (exact) mass is 308 g/mol. The third kappa shape index (κ3) is 2.95. The first kappa shape index (κ1) is 12.8. The van der Waals surface area contributed by atoms with Gasteiger partial charge in [0.1, 0.15) is 0 Å². The second-order valence-electron chi connectivity index (χ2n) is 4.12. The lowest BCUT2D eigenvalue weighted by Crippen LogP contribution is -2.24. The summed E-state index contributed by atoms with van der Waals surface area (Å²) in [6.45, 7) is 0.416. The van der Waals surface area contributed by atoms with E-state index in [4.69, 9.17) is 0 Å². The van der Waals surface area contributed by atoms with Gasteiger partial charge >= 0.3 is 0 Å². The number of aromatic nitrogens is 3. The Morgan fingerprint density at radius 2 is 2.06 bits per heavy atom. The molecule has 0 amide bonds. The summed E-state index contributed by atoms with van der Waals surface area (Å²) in [5.74, 6) is 0. The molecule has 0 aliphatic rings. The third-order valence-electron chi connectivity index (χ3n) is 2.47. The number of halogens is 1. The van der Waals surface area contributed by atoms with Crippen LogP contribution in [0.1, 0.15) is 5.56 Å². The van der Waals surface area contributed by atoms with Gasteiger partial charge in [-0.1, -0.05) is 0 Å². The van der Waals surface area contributed by atoms with Crippen LogP contribution in [0.2, 0.25) is 0 Å². The molecule has 2 aromatic rings. The Bertz CT molecular complexity index is 609. The van der Waals surface area contributed by atoms with Crippen molar-refractivity contribution in [1.29, 1.82) is 0 Å². The summed E-state index contributed by atoms with van der Waals surface area (Å²) >= 11 is 3.35. The van der Waals surface area contributed by atoms with Crippen molar-refractivity contribution in [1.82, 2.24) is 14.8 Å². The predicted molar refractivity (Wildman–Crippen MR) is 73.9 cm³/mol. The number of pyridine rings is 1. The van der Waals surface area contributed by atoms with Crippen LogP contribution in [-0.2, 0) is 6.54 Å². The van der Waals surface area contributed by atoms with E-state index in [2.05, 4.69) is 26.0 Å². The summed E-state index contributed by atoms with van der Waals surface area (Å²) < 4.78 is 2.30. The van der Waals surface area contributed by atoms with Crippen LogP contribution in [0.15, 0.2) is 40.0 Å². The van der Waals surface area contributed by atoms with E-state index in [1.165, 1.54) is 4.68 Å². The van der Waals surface area contributed by atoms with Gasteiger partial charge < -0.3 is 4.90 Å². The number of hydrogen-bond donors (Lipinski definition) is 0. The minimum absolute atomic E-state index is 0.124. The SMILES string of the molecule is CN(C)c1cnn(Cc2cncc(Br)c2)c(=O)c1. The van der Waals surface area contributed by atoms with Crippen molar-refractivity contribution < 1.29 is 0 Å². The zero-order valence-electron chi connectivity index (χ0n) is 10.2. The van der Waals surface area contributed by atoms with Crippen LogP contribution in [0.25, 0.3) is 0 Å². The molecule has 0 aliphatic heterocycles. The summed E-state index contributed by atoms with van der Waals surface area (Å²) in [5, 5.41) is 4.14. The second kappa shape index (κ2) is 5.30. The van der Waals surface area contributed by atoms with E-state index in [-0.39, 0.29) is 5.56 Å². The molecule has 5 nitrogen and oxygen atoms in total. The average Bonchev–Trinajstić information content (AvgIpc) is 2.31. The maximum absolute atomic E-state index is 11.9. The van der Waals surface area contributed by atoms with Crippen LogP contribution in [0.5, 0.6) is 0 Å². The molecule has 0 radical (unpaired) electrons. The molecular weight excluding hydrogens is 296 g/mol. The summed E-state index contributed by atoms with van der Waals surface area (Å²) in [5.41, 5.74) is 1.60. The normalized spacial score (nSPS) is 10.4. The smallest absolute Gasteiger partial charge is 0.269 e. The molecule has 0 atom stereocenters. The summed E-state index contributed by atoms with van der Waals surface area (Å²) in [6, 6.07) is 3.49. The number of nitrogens with zero attached hydrogens (tertiary/aromatic N) is 4. The molecule has 0 aromatic carbocycles. The Hall–Kier alpha value is -1.69. The first-order chi connectivity index (χ1) is 8.56. The van der Waals surface area contributed by atoms with E-state index < -0.39 is 0 Å². The van der Waals surface area contributed by atoms with Crippen LogP contribution >= 0.6 is 15.9 Å². The van der Waals surface area contributed by atoms with Crippen molar-refractivity contribution in [2.24, 2.45) is 0 Å². The molecule has 6 heteroatoms. The lowest BCUT2D eigenvalue weighted by atomic mass is 10.3. The molecular formula is C12H13BrN4O. The Morgan fingerprint density at radius 3 is 2.67 bits per heavy atom. The van der Waals surface area contributed by atoms with Crippen molar-refractivity contribution >= 4 is 21.6 Å². The third-order valence-corrected chi connectivity index (χ3v) is 2.90. The van der Waals surface area contributed by atoms with Crippen molar-refractivity contribution in [3.8, 4) is 0 Å². The van der Waals surface area contributed by atoms with Gasteiger partial charge in [0.15, 0.2) is 0 Å². The molecule has 0 bridgehead atoms. The summed E-state index contributed by atoms with van der Waals surface area (Å²) in [6.07, 6.45) is 5.10. The highest BCUT2D eigenvalue weighted by Gasteiger charge is 2.03. The Labute approximate surface area is 113 Å². The second-order valence-corrected chi connectivity index (χ2v) is 5.03. The minimum atomic E-state index is -0.124. The number of anilines is 1. The Morgan fingerprint density at radius 1 is 1.28 bits per heavy atom. The van der Waals surface area contributed by atoms with E-state index >= 15 is 0 Å². The fourth-order valence-electron chi connectivity index (χ4n) is 1.50. The lowest BCUT2D eigenvalue weighted by Gasteiger charge is -2.12. The van der Waals surface area contributed by atoms with Crippen LogP contribution < -0.4 is 10.5 Å². The van der Waals surface area contributed by atoms with Gasteiger partial charge in [-0.05, 0) is 27.6 Å². The van der Waals surface area contributed by atoms with Crippen molar-refractivity contribution in [3.63, 3.8) is 0 Å². The van der Waals surface area contributed by atoms with Gasteiger partial charge in [-0.15, -0.1) is 0 Å². The molecule has 0 fully saturated rings. The quantitative estimate of drug-likeness (QED) is 0.862. The van der Waals surface area contributed by atoms with Gasteiger partial charge in [0, 0.05) is 37.0 Å². The standard InChI is InChI=1S/C12H13BrN4O/c1-16(2)11-4-12(18)17(15-7-11)8-9-3-10(13)6-14-5-9/h3-7H,8H2,1-2H3. The largest absolute Gasteiger partial charge is 0.376 e. The molecule has 0 N–H and O–H groups in total. The van der Waals surface area contributed by atoms with Crippen molar-refractivity contribution in [2.75, 3.05) is 19.0 Å². The summed E-state index contributed by atoms with van der Waals surface area (Å²) in [7, 11) is 3.75. The number of rotatable bonds is 3. The molecule has 0 spiro atoms. The van der Waals surface area contributed by atoms with Gasteiger partial charge in [-0.2, -0.15) is 5.10 Å². The summed E-state index contributed by atoms with van der Waals surface area (Å²) in [4.78, 5) is 17.8. The van der Waals surface area contributed by atoms with Crippen LogP contribution in [-0.4, -0.2) is 28.9 Å². The highest BCUT2D eigenvalue weighted by Crippen LogP contribution is 2.10. The molecule has 0 aliphatic carbocycles. The fraction of sp³-hybridized carbons (Fsp3) is 0.250. The Balaban J connectivity index is 2.28. The lowest BCUT2D eigenvalue weighted by molar-refractivity contribution is 0.636. The van der Waals surface area contributed by atoms with Crippen LogP contribution in [0.4, 0.5) is 5.69 Å². The molecule has 0 saturated carbocycles. The maximum Gasteiger partial charge on any atom is 0.269 e. The highest BCUT2D eigenvalue weighted by atomic mass is 79.9. The van der Waals surface area contributed by atoms with Gasteiger partial charge in [0.25, 0.3) is 5.56 Å². The van der Waals surface area contributed by atoms with Gasteiger partial charge in [-0.25, -0.2) is 4.68 Å². The first-order valence-corrected chi connectivity index (χ1v) is 6.19. The average molecular weight is 309 g/mol. The topological polar surface area (TPSA) is 51.0 Å². The van der Waals surface area contributed by atoms with Gasteiger partial charge in [0.05, 0.1) is 18.4 Å². The zero-order valence-corrected chi connectivity index (χ0v) is 11.8. The zero-order chi connectivity index (χ0) is 13.1. The van der Waals surface area contributed by atoms with Crippen molar-refractivity contribution in [2.45, 2.75) is 6.54 Å². The fourth-order valence-corrected chi connectivity index (χ4v) is 1.91. The molecule has 18 heavy (non-hydrogen) atoms. The minimum Gasteiger partial charge on any atom is -0.376 e. The first-order valence-electron chi connectivity index (χ1n) is 5.40. The van der Waals surface area contributed by atoms with Crippen LogP contribution in [0, 0.1) is 0 Å². The predicted octanol–water partition coefficient (Wildman–Crippen LogP) is 1.52. The van der Waals surface area contributed by atoms with Crippen LogP contribution in [0.3, 0.4) is 0 Å². The molecule has 0 saturated heterocycles. The Kier molecular flexibility index (Phi) is 3.76. The molecule has 2 rings (SSSR count). The number of hydrogen-bond acceptors (Lipinski definition) is 4. The van der Waals surface area contributed by atoms with E-state index in [9.17, 15) is 4.79 Å². The van der Waals surface area contributed by atoms with Gasteiger partial charge in [-0.3, -0.25) is 9.78 Å². The highest BCUT2D eigenvalue weighted by molar-refractivity contribution is 9.10.